The Morgan fingerprint density at radius 3 is 1.43 bits per heavy atom. The molecule has 0 saturated carbocycles. The summed E-state index contributed by atoms with van der Waals surface area (Å²) in [7, 11) is 0. The molecule has 0 radical (unpaired) electrons. The van der Waals surface area contributed by atoms with E-state index in [0.29, 0.717) is 23.0 Å². The zero-order chi connectivity index (χ0) is 41.1. The molecule has 1 aliphatic carbocycles. The summed E-state index contributed by atoms with van der Waals surface area (Å²) in [6.45, 7) is 4.68. The van der Waals surface area contributed by atoms with Crippen LogP contribution >= 0.6 is 0 Å². The highest BCUT2D eigenvalue weighted by Gasteiger charge is 2.52. The lowest BCUT2D eigenvalue weighted by Crippen LogP contribution is -2.43. The lowest BCUT2D eigenvalue weighted by atomic mass is 9.53. The predicted octanol–water partition coefficient (Wildman–Crippen LogP) is 13.2. The van der Waals surface area contributed by atoms with Gasteiger partial charge in [0.2, 0.25) is 0 Å². The van der Waals surface area contributed by atoms with Gasteiger partial charge in [0.1, 0.15) is 11.5 Å². The zero-order valence-electron chi connectivity index (χ0n) is 33.7. The van der Waals surface area contributed by atoms with Crippen LogP contribution in [-0.4, -0.2) is 15.0 Å². The molecule has 9 aromatic rings. The van der Waals surface area contributed by atoms with Gasteiger partial charge >= 0.3 is 0 Å². The first-order valence-corrected chi connectivity index (χ1v) is 20.6. The summed E-state index contributed by atoms with van der Waals surface area (Å²) in [6.07, 6.45) is 0. The molecule has 0 amide bonds. The topological polar surface area (TPSA) is 71.7 Å². The molecule has 1 aliphatic heterocycles. The fraction of sp³-hybridized carbons (Fsp3) is 0.0714. The van der Waals surface area contributed by atoms with Crippen molar-refractivity contribution in [2.24, 2.45) is 0 Å². The normalized spacial score (nSPS) is 13.8. The van der Waals surface area contributed by atoms with Crippen molar-refractivity contribution in [2.75, 3.05) is 0 Å². The molecule has 0 atom stereocenters. The van der Waals surface area contributed by atoms with Gasteiger partial charge in [0.25, 0.3) is 0 Å². The van der Waals surface area contributed by atoms with Gasteiger partial charge < -0.3 is 4.74 Å². The minimum Gasteiger partial charge on any atom is -0.457 e. The fourth-order valence-electron chi connectivity index (χ4n) is 9.60. The van der Waals surface area contributed by atoms with Crippen molar-refractivity contribution in [1.29, 1.82) is 5.26 Å². The molecule has 5 nitrogen and oxygen atoms in total. The number of hydrogen-bond donors (Lipinski definition) is 0. The Kier molecular flexibility index (Phi) is 8.37. The summed E-state index contributed by atoms with van der Waals surface area (Å²) in [4.78, 5) is 15.2. The van der Waals surface area contributed by atoms with Crippen molar-refractivity contribution in [2.45, 2.75) is 24.7 Å². The number of benzene rings is 8. The van der Waals surface area contributed by atoms with Gasteiger partial charge in [-0.3, -0.25) is 0 Å². The van der Waals surface area contributed by atoms with Gasteiger partial charge in [0.15, 0.2) is 17.5 Å². The van der Waals surface area contributed by atoms with Gasteiger partial charge in [-0.05, 0) is 80.9 Å². The highest BCUT2D eigenvalue weighted by Crippen LogP contribution is 2.61. The van der Waals surface area contributed by atoms with Crippen molar-refractivity contribution < 1.29 is 4.74 Å². The molecule has 0 N–H and O–H groups in total. The molecule has 0 bridgehead atoms. The average molecular weight is 783 g/mol. The number of nitrogens with zero attached hydrogens (tertiary/aromatic N) is 4. The number of para-hydroxylation sites is 1. The number of ether oxygens (including phenoxy) is 1. The summed E-state index contributed by atoms with van der Waals surface area (Å²) in [5, 5.41) is 9.55. The summed E-state index contributed by atoms with van der Waals surface area (Å²) in [6, 6.07) is 69.5. The van der Waals surface area contributed by atoms with Crippen molar-refractivity contribution in [3.63, 3.8) is 0 Å². The van der Waals surface area contributed by atoms with E-state index in [1.807, 2.05) is 72.8 Å². The van der Waals surface area contributed by atoms with Gasteiger partial charge in [0.05, 0.1) is 17.0 Å². The van der Waals surface area contributed by atoms with E-state index in [9.17, 15) is 5.26 Å². The Balaban J connectivity index is 1.05. The zero-order valence-corrected chi connectivity index (χ0v) is 33.7. The van der Waals surface area contributed by atoms with Gasteiger partial charge in [0, 0.05) is 33.2 Å². The quantitative estimate of drug-likeness (QED) is 0.174. The van der Waals surface area contributed by atoms with Crippen molar-refractivity contribution in [1.82, 2.24) is 15.0 Å². The molecular formula is C56H38N4O. The van der Waals surface area contributed by atoms with Crippen LogP contribution in [0.5, 0.6) is 11.5 Å². The van der Waals surface area contributed by atoms with E-state index in [2.05, 4.69) is 141 Å². The predicted molar refractivity (Wildman–Crippen MR) is 242 cm³/mol. The molecule has 11 rings (SSSR count). The van der Waals surface area contributed by atoms with E-state index in [1.165, 1.54) is 22.3 Å². The molecule has 0 fully saturated rings. The van der Waals surface area contributed by atoms with E-state index in [1.54, 1.807) is 0 Å². The number of rotatable bonds is 5. The second-order valence-electron chi connectivity index (χ2n) is 16.3. The Labute approximate surface area is 355 Å². The van der Waals surface area contributed by atoms with Crippen LogP contribution in [-0.2, 0) is 10.8 Å². The highest BCUT2D eigenvalue weighted by atomic mass is 16.5. The molecule has 1 spiro atoms. The molecule has 288 valence electrons. The Morgan fingerprint density at radius 2 is 0.820 bits per heavy atom. The molecule has 0 saturated heterocycles. The largest absolute Gasteiger partial charge is 0.457 e. The van der Waals surface area contributed by atoms with Gasteiger partial charge in [-0.25, -0.2) is 15.0 Å². The van der Waals surface area contributed by atoms with Crippen LogP contribution in [0.15, 0.2) is 194 Å². The summed E-state index contributed by atoms with van der Waals surface area (Å²) >= 11 is 0. The number of fused-ring (bicyclic) bond motifs is 8. The number of aromatic nitrogens is 3. The average Bonchev–Trinajstić information content (AvgIpc) is 3.33. The van der Waals surface area contributed by atoms with E-state index < -0.39 is 5.41 Å². The van der Waals surface area contributed by atoms with Crippen LogP contribution < -0.4 is 4.74 Å². The van der Waals surface area contributed by atoms with E-state index in [0.717, 1.165) is 61.6 Å². The Bertz CT molecular complexity index is 3180. The number of nitriles is 1. The maximum absolute atomic E-state index is 9.55. The second kappa shape index (κ2) is 14.1. The number of hydrogen-bond acceptors (Lipinski definition) is 5. The molecule has 5 heteroatoms. The summed E-state index contributed by atoms with van der Waals surface area (Å²) < 4.78 is 6.90. The van der Waals surface area contributed by atoms with Crippen LogP contribution in [0.25, 0.3) is 56.4 Å². The smallest absolute Gasteiger partial charge is 0.164 e. The second-order valence-corrected chi connectivity index (χ2v) is 16.3. The van der Waals surface area contributed by atoms with Crippen LogP contribution in [0.1, 0.15) is 52.8 Å². The van der Waals surface area contributed by atoms with E-state index in [4.69, 9.17) is 19.7 Å². The molecule has 8 aromatic carbocycles. The maximum atomic E-state index is 9.55. The lowest BCUT2D eigenvalue weighted by Gasteiger charge is -2.50. The minimum atomic E-state index is -0.571. The van der Waals surface area contributed by atoms with Gasteiger partial charge in [-0.15, -0.1) is 0 Å². The van der Waals surface area contributed by atoms with Gasteiger partial charge in [-0.2, -0.15) is 5.26 Å². The molecule has 2 aliphatic rings. The first-order chi connectivity index (χ1) is 29.9. The third-order valence-electron chi connectivity index (χ3n) is 12.5. The fourth-order valence-corrected chi connectivity index (χ4v) is 9.60. The molecular weight excluding hydrogens is 745 g/mol. The van der Waals surface area contributed by atoms with Crippen molar-refractivity contribution in [3.05, 3.63) is 233 Å². The third kappa shape index (κ3) is 5.79. The molecule has 61 heavy (non-hydrogen) atoms. The van der Waals surface area contributed by atoms with Crippen molar-refractivity contribution in [3.8, 4) is 74.0 Å². The van der Waals surface area contributed by atoms with Crippen LogP contribution in [0.2, 0.25) is 0 Å². The lowest BCUT2D eigenvalue weighted by molar-refractivity contribution is 0.425. The first kappa shape index (κ1) is 36.2. The monoisotopic (exact) mass is 782 g/mol. The molecule has 1 aromatic heterocycles. The molecule has 0 unspecified atom stereocenters. The SMILES string of the molecule is CC1(C)c2ccccc2C2(c3ccccc3Oc3cc(-c4cccc(-c5nc(-c6ccccc6)nc(-c6cccc(-c7cccc(C#N)c7)c6)n5)c4)ccc32)c2ccccc21. The highest BCUT2D eigenvalue weighted by molar-refractivity contribution is 5.80. The Morgan fingerprint density at radius 1 is 0.377 bits per heavy atom. The Hall–Kier alpha value is -7.94. The minimum absolute atomic E-state index is 0.186. The molecule has 2 heterocycles. The summed E-state index contributed by atoms with van der Waals surface area (Å²) in [5.41, 5.74) is 13.9. The van der Waals surface area contributed by atoms with E-state index >= 15 is 0 Å². The van der Waals surface area contributed by atoms with Crippen molar-refractivity contribution >= 4 is 0 Å². The third-order valence-corrected chi connectivity index (χ3v) is 12.5. The first-order valence-electron chi connectivity index (χ1n) is 20.6. The standard InChI is InChI=1S/C56H38N4O/c1-55(2)44-23-6-8-25-46(44)56(47-26-9-7-24-45(47)55)48-27-10-11-28-50(48)61-51-34-41(29-30-49(51)56)40-20-14-22-43(33-40)54-59-52(37-16-4-3-5-17-37)58-53(60-54)42-21-13-19-39(32-42)38-18-12-15-36(31-38)35-57/h3-34H,1-2H3. The summed E-state index contributed by atoms with van der Waals surface area (Å²) in [5.74, 6) is 3.42. The van der Waals surface area contributed by atoms with Gasteiger partial charge in [-0.1, -0.05) is 172 Å². The van der Waals surface area contributed by atoms with Crippen LogP contribution in [0.4, 0.5) is 0 Å². The van der Waals surface area contributed by atoms with Crippen LogP contribution in [0.3, 0.4) is 0 Å². The van der Waals surface area contributed by atoms with Crippen LogP contribution in [0, 0.1) is 11.3 Å². The maximum Gasteiger partial charge on any atom is 0.164 e. The van der Waals surface area contributed by atoms with E-state index in [-0.39, 0.29) is 5.41 Å².